The summed E-state index contributed by atoms with van der Waals surface area (Å²) in [7, 11) is -3.71. The van der Waals surface area contributed by atoms with Crippen LogP contribution in [0.2, 0.25) is 0 Å². The molecule has 0 amide bonds. The molecule has 0 aromatic carbocycles. The molecule has 1 atom stereocenters. The van der Waals surface area contributed by atoms with Gasteiger partial charge in [-0.2, -0.15) is 13.2 Å². The van der Waals surface area contributed by atoms with Crippen LogP contribution in [0, 0.1) is 5.41 Å². The first-order valence-electron chi connectivity index (χ1n) is 5.73. The number of sulfonamides is 1. The Morgan fingerprint density at radius 3 is 2.22 bits per heavy atom. The number of rotatable bonds is 5. The van der Waals surface area contributed by atoms with Gasteiger partial charge in [-0.25, -0.2) is 13.6 Å². The zero-order valence-corrected chi connectivity index (χ0v) is 11.0. The molecule has 0 heterocycles. The van der Waals surface area contributed by atoms with Crippen molar-refractivity contribution < 1.29 is 26.3 Å². The predicted octanol–water partition coefficient (Wildman–Crippen LogP) is 1.80. The first-order chi connectivity index (χ1) is 8.04. The first-order valence-corrected chi connectivity index (χ1v) is 7.44. The van der Waals surface area contributed by atoms with Crippen LogP contribution in [0.1, 0.15) is 32.6 Å². The van der Waals surface area contributed by atoms with Crippen LogP contribution in [-0.2, 0) is 14.8 Å². The monoisotopic (exact) mass is 289 g/mol. The second-order valence-electron chi connectivity index (χ2n) is 5.01. The zero-order chi connectivity index (χ0) is 14.0. The second-order valence-corrected chi connectivity index (χ2v) is 6.62. The summed E-state index contributed by atoms with van der Waals surface area (Å²) in [5, 5.41) is 4.99. The Hall–Kier alpha value is -0.340. The normalized spacial score (nSPS) is 22.1. The number of ether oxygens (including phenoxy) is 1. The van der Waals surface area contributed by atoms with Crippen molar-refractivity contribution in [3.8, 4) is 0 Å². The van der Waals surface area contributed by atoms with Crippen molar-refractivity contribution in [2.45, 2.75) is 44.9 Å². The van der Waals surface area contributed by atoms with Gasteiger partial charge >= 0.3 is 6.18 Å². The molecule has 1 aliphatic carbocycles. The van der Waals surface area contributed by atoms with Gasteiger partial charge in [0, 0.05) is 5.41 Å². The van der Waals surface area contributed by atoms with Gasteiger partial charge in [0.15, 0.2) is 6.10 Å². The van der Waals surface area contributed by atoms with Gasteiger partial charge in [0.1, 0.15) is 0 Å². The van der Waals surface area contributed by atoms with Gasteiger partial charge in [-0.05, 0) is 19.8 Å². The van der Waals surface area contributed by atoms with Crippen molar-refractivity contribution in [2.75, 3.05) is 12.4 Å². The molecule has 2 N–H and O–H groups in total. The molecule has 0 aliphatic heterocycles. The highest BCUT2D eigenvalue weighted by Crippen LogP contribution is 2.40. The number of primary sulfonamides is 1. The van der Waals surface area contributed by atoms with Crippen molar-refractivity contribution in [1.82, 2.24) is 0 Å². The largest absolute Gasteiger partial charge is 0.414 e. The van der Waals surface area contributed by atoms with Crippen LogP contribution in [-0.4, -0.2) is 33.1 Å². The van der Waals surface area contributed by atoms with Crippen LogP contribution in [0.5, 0.6) is 0 Å². The minimum atomic E-state index is -4.43. The fourth-order valence-corrected chi connectivity index (χ4v) is 3.50. The highest BCUT2D eigenvalue weighted by atomic mass is 32.2. The molecule has 108 valence electrons. The topological polar surface area (TPSA) is 69.4 Å². The summed E-state index contributed by atoms with van der Waals surface area (Å²) in [6.45, 7) is 0.698. The molecule has 0 bridgehead atoms. The van der Waals surface area contributed by atoms with Gasteiger partial charge in [-0.15, -0.1) is 0 Å². The molecule has 1 aliphatic rings. The van der Waals surface area contributed by atoms with Gasteiger partial charge in [0.05, 0.1) is 12.4 Å². The minimum Gasteiger partial charge on any atom is -0.368 e. The van der Waals surface area contributed by atoms with Crippen molar-refractivity contribution in [3.63, 3.8) is 0 Å². The van der Waals surface area contributed by atoms with Crippen molar-refractivity contribution in [2.24, 2.45) is 10.6 Å². The van der Waals surface area contributed by atoms with Crippen LogP contribution in [0.15, 0.2) is 0 Å². The standard InChI is InChI=1S/C10H18F3NO3S/c1-8(10(11,12)13)17-6-9(4-2-3-5-9)7-18(14,15)16/h8H,2-7H2,1H3,(H2,14,15,16). The Labute approximate surface area is 105 Å². The fourth-order valence-electron chi connectivity index (χ4n) is 2.28. The summed E-state index contributed by atoms with van der Waals surface area (Å²) in [6.07, 6.45) is -3.67. The minimum absolute atomic E-state index is 0.218. The Balaban J connectivity index is 2.64. The van der Waals surface area contributed by atoms with Gasteiger partial charge in [0.2, 0.25) is 10.0 Å². The van der Waals surface area contributed by atoms with E-state index in [4.69, 9.17) is 9.88 Å². The van der Waals surface area contributed by atoms with E-state index >= 15 is 0 Å². The molecule has 8 heteroatoms. The van der Waals surface area contributed by atoms with Gasteiger partial charge in [-0.3, -0.25) is 0 Å². The lowest BCUT2D eigenvalue weighted by atomic mass is 9.90. The molecule has 4 nitrogen and oxygen atoms in total. The van der Waals surface area contributed by atoms with Crippen molar-refractivity contribution in [3.05, 3.63) is 0 Å². The lowest BCUT2D eigenvalue weighted by Gasteiger charge is -2.29. The summed E-state index contributed by atoms with van der Waals surface area (Å²) in [4.78, 5) is 0. The first kappa shape index (κ1) is 15.7. The summed E-state index contributed by atoms with van der Waals surface area (Å²) >= 11 is 0. The van der Waals surface area contributed by atoms with Crippen molar-refractivity contribution in [1.29, 1.82) is 0 Å². The maximum absolute atomic E-state index is 12.3. The zero-order valence-electron chi connectivity index (χ0n) is 10.2. The number of nitrogens with two attached hydrogens (primary N) is 1. The molecule has 1 unspecified atom stereocenters. The summed E-state index contributed by atoms with van der Waals surface area (Å²) in [5.41, 5.74) is -0.757. The lowest BCUT2D eigenvalue weighted by molar-refractivity contribution is -0.220. The maximum atomic E-state index is 12.3. The van der Waals surface area contributed by atoms with Crippen LogP contribution >= 0.6 is 0 Å². The van der Waals surface area contributed by atoms with Crippen LogP contribution in [0.3, 0.4) is 0 Å². The van der Waals surface area contributed by atoms with Gasteiger partial charge in [-0.1, -0.05) is 12.8 Å². The van der Waals surface area contributed by atoms with Crippen LogP contribution in [0.4, 0.5) is 13.2 Å². The molecule has 1 fully saturated rings. The van der Waals surface area contributed by atoms with E-state index in [0.29, 0.717) is 12.8 Å². The average Bonchev–Trinajstić information content (AvgIpc) is 2.59. The average molecular weight is 289 g/mol. The highest BCUT2D eigenvalue weighted by molar-refractivity contribution is 7.89. The third-order valence-electron chi connectivity index (χ3n) is 3.27. The molecule has 0 saturated heterocycles. The molecular formula is C10H18F3NO3S. The summed E-state index contributed by atoms with van der Waals surface area (Å²) in [5.74, 6) is -0.315. The molecule has 0 aromatic rings. The Morgan fingerprint density at radius 1 is 1.33 bits per heavy atom. The highest BCUT2D eigenvalue weighted by Gasteiger charge is 2.42. The molecule has 0 aromatic heterocycles. The quantitative estimate of drug-likeness (QED) is 0.839. The molecule has 0 radical (unpaired) electrons. The third-order valence-corrected chi connectivity index (χ3v) is 4.29. The van der Waals surface area contributed by atoms with E-state index in [1.165, 1.54) is 0 Å². The molecule has 18 heavy (non-hydrogen) atoms. The van der Waals surface area contributed by atoms with Crippen LogP contribution < -0.4 is 5.14 Å². The molecular weight excluding hydrogens is 271 g/mol. The van der Waals surface area contributed by atoms with E-state index in [0.717, 1.165) is 19.8 Å². The summed E-state index contributed by atoms with van der Waals surface area (Å²) < 4.78 is 64.0. The molecule has 1 saturated carbocycles. The number of hydrogen-bond donors (Lipinski definition) is 1. The SMILES string of the molecule is CC(OCC1(CS(N)(=O)=O)CCCC1)C(F)(F)F. The van der Waals surface area contributed by atoms with Crippen molar-refractivity contribution >= 4 is 10.0 Å². The Morgan fingerprint density at radius 2 is 1.83 bits per heavy atom. The summed E-state index contributed by atoms with van der Waals surface area (Å²) in [6, 6.07) is 0. The van der Waals surface area contributed by atoms with Gasteiger partial charge < -0.3 is 4.74 Å². The number of hydrogen-bond acceptors (Lipinski definition) is 3. The Bertz CT molecular complexity index is 374. The van der Waals surface area contributed by atoms with E-state index in [1.54, 1.807) is 0 Å². The van der Waals surface area contributed by atoms with E-state index < -0.39 is 27.7 Å². The van der Waals surface area contributed by atoms with E-state index in [2.05, 4.69) is 0 Å². The predicted molar refractivity (Wildman–Crippen MR) is 60.3 cm³/mol. The number of alkyl halides is 3. The molecule has 0 spiro atoms. The molecule has 1 rings (SSSR count). The van der Waals surface area contributed by atoms with Gasteiger partial charge in [0.25, 0.3) is 0 Å². The lowest BCUT2D eigenvalue weighted by Crippen LogP contribution is -2.39. The third kappa shape index (κ3) is 4.74. The smallest absolute Gasteiger partial charge is 0.368 e. The Kier molecular flexibility index (Phi) is 4.66. The van der Waals surface area contributed by atoms with E-state index in [1.807, 2.05) is 0 Å². The fraction of sp³-hybridized carbons (Fsp3) is 1.00. The van der Waals surface area contributed by atoms with E-state index in [9.17, 15) is 21.6 Å². The second kappa shape index (κ2) is 5.34. The maximum Gasteiger partial charge on any atom is 0.414 e. The van der Waals surface area contributed by atoms with E-state index in [-0.39, 0.29) is 12.4 Å². The number of halogens is 3. The van der Waals surface area contributed by atoms with Crippen LogP contribution in [0.25, 0.3) is 0 Å².